The van der Waals surface area contributed by atoms with Gasteiger partial charge in [-0.15, -0.1) is 0 Å². The molecule has 0 fully saturated rings. The van der Waals surface area contributed by atoms with E-state index in [1.165, 1.54) is 0 Å². The highest BCUT2D eigenvalue weighted by atomic mass is 32.2. The second-order valence-corrected chi connectivity index (χ2v) is 2.82. The summed E-state index contributed by atoms with van der Waals surface area (Å²) in [6.45, 7) is 1.61. The van der Waals surface area contributed by atoms with Gasteiger partial charge in [0.15, 0.2) is 0 Å². The maximum atomic E-state index is 10.7. The van der Waals surface area contributed by atoms with Crippen LogP contribution in [-0.4, -0.2) is 30.9 Å². The summed E-state index contributed by atoms with van der Waals surface area (Å²) in [6, 6.07) is 0.0417. The Hall–Kier alpha value is -0.0200. The largest absolute Gasteiger partial charge is 0.310 e. The predicted molar refractivity (Wildman–Crippen MR) is 41.9 cm³/mol. The molecule has 0 radical (unpaired) electrons. The average molecular weight is 147 g/mol. The minimum Gasteiger partial charge on any atom is -0.310 e. The third-order valence-electron chi connectivity index (χ3n) is 1.17. The Morgan fingerprint density at radius 1 is 1.78 bits per heavy atom. The van der Waals surface area contributed by atoms with Gasteiger partial charge >= 0.3 is 0 Å². The van der Waals surface area contributed by atoms with Crippen LogP contribution in [0.2, 0.25) is 0 Å². The summed E-state index contributed by atoms with van der Waals surface area (Å²) < 4.78 is 0. The van der Waals surface area contributed by atoms with E-state index in [-0.39, 0.29) is 11.8 Å². The molecule has 0 aliphatic rings. The number of thioether (sulfide) groups is 1. The summed E-state index contributed by atoms with van der Waals surface area (Å²) in [5.41, 5.74) is 0. The number of carbonyl (C=O) groups excluding carboxylic acids is 1. The lowest BCUT2D eigenvalue weighted by Crippen LogP contribution is -2.34. The summed E-state index contributed by atoms with van der Waals surface area (Å²) in [6.07, 6.45) is 1.99. The molecule has 0 rings (SSSR count). The number of hydrogen-bond acceptors (Lipinski definition) is 3. The average Bonchev–Trinajstić information content (AvgIpc) is 1.82. The van der Waals surface area contributed by atoms with Crippen molar-refractivity contribution in [1.29, 1.82) is 0 Å². The van der Waals surface area contributed by atoms with Gasteiger partial charge in [-0.1, -0.05) is 0 Å². The maximum Gasteiger partial charge on any atom is 0.147 e. The first-order valence-corrected chi connectivity index (χ1v) is 4.28. The Bertz CT molecular complexity index is 95.1. The van der Waals surface area contributed by atoms with Crippen LogP contribution in [0.4, 0.5) is 0 Å². The fourth-order valence-electron chi connectivity index (χ4n) is 0.571. The standard InChI is InChI=1S/C6H13NOS/c1-5(8)6(7-2)4-9-3/h6-7H,4H2,1-3H3. The number of hydrogen-bond donors (Lipinski definition) is 1. The summed E-state index contributed by atoms with van der Waals surface area (Å²) in [5.74, 6) is 1.08. The van der Waals surface area contributed by atoms with E-state index in [1.54, 1.807) is 18.7 Å². The van der Waals surface area contributed by atoms with Crippen molar-refractivity contribution in [3.63, 3.8) is 0 Å². The second-order valence-electron chi connectivity index (χ2n) is 1.91. The lowest BCUT2D eigenvalue weighted by atomic mass is 10.2. The first-order chi connectivity index (χ1) is 4.22. The fraction of sp³-hybridized carbons (Fsp3) is 0.833. The van der Waals surface area contributed by atoms with Gasteiger partial charge in [0.25, 0.3) is 0 Å². The number of rotatable bonds is 4. The molecule has 1 atom stereocenters. The lowest BCUT2D eigenvalue weighted by Gasteiger charge is -2.09. The van der Waals surface area contributed by atoms with Crippen LogP contribution in [-0.2, 0) is 4.79 Å². The number of carbonyl (C=O) groups is 1. The van der Waals surface area contributed by atoms with Crippen LogP contribution >= 0.6 is 11.8 Å². The highest BCUT2D eigenvalue weighted by molar-refractivity contribution is 7.98. The molecule has 0 aliphatic carbocycles. The van der Waals surface area contributed by atoms with Gasteiger partial charge in [0, 0.05) is 5.75 Å². The van der Waals surface area contributed by atoms with Crippen molar-refractivity contribution in [2.24, 2.45) is 0 Å². The molecule has 1 N–H and O–H groups in total. The Kier molecular flexibility index (Phi) is 4.81. The minimum atomic E-state index is 0.0417. The summed E-state index contributed by atoms with van der Waals surface area (Å²) in [7, 11) is 1.81. The number of nitrogens with one attached hydrogen (secondary N) is 1. The SMILES string of the molecule is CNC(CSC)C(C)=O. The normalized spacial score (nSPS) is 13.2. The predicted octanol–water partition coefficient (Wildman–Crippen LogP) is 0.526. The minimum absolute atomic E-state index is 0.0417. The van der Waals surface area contributed by atoms with E-state index in [0.717, 1.165) is 5.75 Å². The van der Waals surface area contributed by atoms with E-state index in [4.69, 9.17) is 0 Å². The van der Waals surface area contributed by atoms with Gasteiger partial charge in [-0.05, 0) is 20.2 Å². The van der Waals surface area contributed by atoms with Gasteiger partial charge in [0.1, 0.15) is 5.78 Å². The molecule has 0 spiro atoms. The topological polar surface area (TPSA) is 29.1 Å². The van der Waals surface area contributed by atoms with Crippen molar-refractivity contribution in [1.82, 2.24) is 5.32 Å². The summed E-state index contributed by atoms with van der Waals surface area (Å²) in [4.78, 5) is 10.7. The van der Waals surface area contributed by atoms with Crippen LogP contribution in [0.15, 0.2) is 0 Å². The van der Waals surface area contributed by atoms with Gasteiger partial charge < -0.3 is 5.32 Å². The Morgan fingerprint density at radius 2 is 2.33 bits per heavy atom. The molecule has 0 heterocycles. The first-order valence-electron chi connectivity index (χ1n) is 2.89. The molecule has 2 nitrogen and oxygen atoms in total. The van der Waals surface area contributed by atoms with Gasteiger partial charge in [-0.25, -0.2) is 0 Å². The number of ketones is 1. The molecule has 1 unspecified atom stereocenters. The van der Waals surface area contributed by atoms with Crippen molar-refractivity contribution in [2.75, 3.05) is 19.1 Å². The Morgan fingerprint density at radius 3 is 2.44 bits per heavy atom. The van der Waals surface area contributed by atoms with Crippen LogP contribution in [0, 0.1) is 0 Å². The second kappa shape index (κ2) is 4.82. The zero-order valence-corrected chi connectivity index (χ0v) is 6.92. The Labute approximate surface area is 60.4 Å². The van der Waals surface area contributed by atoms with Crippen molar-refractivity contribution in [3.8, 4) is 0 Å². The third-order valence-corrected chi connectivity index (χ3v) is 1.84. The molecular weight excluding hydrogens is 134 g/mol. The van der Waals surface area contributed by atoms with E-state index < -0.39 is 0 Å². The molecule has 0 saturated carbocycles. The molecular formula is C6H13NOS. The molecule has 0 aromatic rings. The van der Waals surface area contributed by atoms with Crippen molar-refractivity contribution < 1.29 is 4.79 Å². The fourth-order valence-corrected chi connectivity index (χ4v) is 1.31. The van der Waals surface area contributed by atoms with Crippen LogP contribution in [0.25, 0.3) is 0 Å². The van der Waals surface area contributed by atoms with Crippen molar-refractivity contribution in [3.05, 3.63) is 0 Å². The van der Waals surface area contributed by atoms with Crippen LogP contribution in [0.3, 0.4) is 0 Å². The molecule has 9 heavy (non-hydrogen) atoms. The molecule has 0 amide bonds. The molecule has 0 aromatic heterocycles. The maximum absolute atomic E-state index is 10.7. The molecule has 3 heteroatoms. The Balaban J connectivity index is 3.54. The molecule has 0 aromatic carbocycles. The van der Waals surface area contributed by atoms with Crippen molar-refractivity contribution >= 4 is 17.5 Å². The summed E-state index contributed by atoms with van der Waals surface area (Å²) >= 11 is 1.68. The molecule has 0 bridgehead atoms. The van der Waals surface area contributed by atoms with Crippen LogP contribution in [0.1, 0.15) is 6.92 Å². The van der Waals surface area contributed by atoms with Crippen molar-refractivity contribution in [2.45, 2.75) is 13.0 Å². The quantitative estimate of drug-likeness (QED) is 0.629. The van der Waals surface area contributed by atoms with E-state index in [0.29, 0.717) is 0 Å². The molecule has 0 aliphatic heterocycles. The highest BCUT2D eigenvalue weighted by Gasteiger charge is 2.08. The van der Waals surface area contributed by atoms with E-state index in [9.17, 15) is 4.79 Å². The van der Waals surface area contributed by atoms with Gasteiger partial charge in [-0.2, -0.15) is 11.8 Å². The molecule has 0 saturated heterocycles. The number of likely N-dealkylation sites (N-methyl/N-ethyl adjacent to an activating group) is 1. The third kappa shape index (κ3) is 3.54. The van der Waals surface area contributed by atoms with E-state index in [2.05, 4.69) is 5.32 Å². The lowest BCUT2D eigenvalue weighted by molar-refractivity contribution is -0.118. The monoisotopic (exact) mass is 147 g/mol. The number of Topliss-reactive ketones (excluding diaryl/α,β-unsaturated/α-hetero) is 1. The first kappa shape index (κ1) is 8.98. The van der Waals surface area contributed by atoms with Crippen LogP contribution in [0.5, 0.6) is 0 Å². The van der Waals surface area contributed by atoms with E-state index >= 15 is 0 Å². The van der Waals surface area contributed by atoms with E-state index in [1.807, 2.05) is 13.3 Å². The summed E-state index contributed by atoms with van der Waals surface area (Å²) in [5, 5.41) is 2.93. The van der Waals surface area contributed by atoms with Crippen LogP contribution < -0.4 is 5.32 Å². The zero-order valence-electron chi connectivity index (χ0n) is 6.10. The molecule has 54 valence electrons. The highest BCUT2D eigenvalue weighted by Crippen LogP contribution is 1.96. The smallest absolute Gasteiger partial charge is 0.147 e. The zero-order chi connectivity index (χ0) is 7.28. The van der Waals surface area contributed by atoms with Gasteiger partial charge in [0.05, 0.1) is 6.04 Å². The van der Waals surface area contributed by atoms with Gasteiger partial charge in [0.2, 0.25) is 0 Å². The van der Waals surface area contributed by atoms with Gasteiger partial charge in [-0.3, -0.25) is 4.79 Å².